The lowest BCUT2D eigenvalue weighted by molar-refractivity contribution is -0.152. The lowest BCUT2D eigenvalue weighted by Crippen LogP contribution is -2.33. The number of halogens is 1. The van der Waals surface area contributed by atoms with E-state index in [2.05, 4.69) is 17.4 Å². The molecule has 0 unspecified atom stereocenters. The molecule has 0 fully saturated rings. The third kappa shape index (κ3) is 4.60. The van der Waals surface area contributed by atoms with E-state index in [4.69, 9.17) is 5.73 Å². The van der Waals surface area contributed by atoms with Gasteiger partial charge >= 0.3 is 12.4 Å². The highest BCUT2D eigenvalue weighted by molar-refractivity contribution is 7.80. The van der Waals surface area contributed by atoms with Crippen LogP contribution in [0, 0.1) is 0 Å². The Morgan fingerprint density at radius 2 is 2.30 bits per heavy atom. The fourth-order valence-electron chi connectivity index (χ4n) is 0.209. The van der Waals surface area contributed by atoms with E-state index >= 15 is 0 Å². The SMILES string of the molecule is Cl.N[C@@H](CS)C(=O)OC=O. The molecule has 4 nitrogen and oxygen atoms in total. The Morgan fingerprint density at radius 3 is 2.60 bits per heavy atom. The highest BCUT2D eigenvalue weighted by Crippen LogP contribution is 1.85. The molecule has 0 heterocycles. The summed E-state index contributed by atoms with van der Waals surface area (Å²) in [4.78, 5) is 19.9. The van der Waals surface area contributed by atoms with Crippen LogP contribution in [-0.4, -0.2) is 24.2 Å². The van der Waals surface area contributed by atoms with Crippen molar-refractivity contribution in [2.45, 2.75) is 6.04 Å². The van der Waals surface area contributed by atoms with E-state index in [1.807, 2.05) is 0 Å². The van der Waals surface area contributed by atoms with Crippen LogP contribution in [0.2, 0.25) is 0 Å². The van der Waals surface area contributed by atoms with Crippen molar-refractivity contribution in [2.24, 2.45) is 5.73 Å². The van der Waals surface area contributed by atoms with Gasteiger partial charge in [0.15, 0.2) is 0 Å². The molecule has 0 spiro atoms. The summed E-state index contributed by atoms with van der Waals surface area (Å²) in [5.74, 6) is -0.577. The Morgan fingerprint density at radius 1 is 1.80 bits per heavy atom. The molecule has 2 N–H and O–H groups in total. The largest absolute Gasteiger partial charge is 0.394 e. The normalized spacial score (nSPS) is 11.0. The van der Waals surface area contributed by atoms with Crippen LogP contribution >= 0.6 is 25.0 Å². The molecule has 0 saturated carbocycles. The van der Waals surface area contributed by atoms with Crippen LogP contribution in [0.3, 0.4) is 0 Å². The zero-order chi connectivity index (χ0) is 7.28. The number of nitrogens with two attached hydrogens (primary N) is 1. The molecule has 0 bridgehead atoms. The fourth-order valence-corrected chi connectivity index (χ4v) is 0.358. The minimum Gasteiger partial charge on any atom is -0.394 e. The molecule has 1 atom stereocenters. The predicted octanol–water partition coefficient (Wildman–Crippen LogP) is -0.635. The van der Waals surface area contributed by atoms with Gasteiger partial charge in [0.1, 0.15) is 6.04 Å². The van der Waals surface area contributed by atoms with Gasteiger partial charge < -0.3 is 10.5 Å². The molecule has 60 valence electrons. The quantitative estimate of drug-likeness (QED) is 0.266. The summed E-state index contributed by atoms with van der Waals surface area (Å²) >= 11 is 3.71. The number of carbonyl (C=O) groups is 2. The molecule has 10 heavy (non-hydrogen) atoms. The summed E-state index contributed by atoms with van der Waals surface area (Å²) in [7, 11) is 0. The first-order valence-corrected chi connectivity index (χ1v) is 2.86. The number of hydrogen-bond acceptors (Lipinski definition) is 5. The van der Waals surface area contributed by atoms with Gasteiger partial charge in [-0.3, -0.25) is 4.79 Å². The maximum absolute atomic E-state index is 10.3. The van der Waals surface area contributed by atoms with E-state index in [1.165, 1.54) is 0 Å². The number of thiol groups is 1. The molecule has 0 aromatic carbocycles. The van der Waals surface area contributed by atoms with Crippen LogP contribution in [-0.2, 0) is 14.3 Å². The van der Waals surface area contributed by atoms with Gasteiger partial charge in [-0.15, -0.1) is 12.4 Å². The number of hydrogen-bond donors (Lipinski definition) is 2. The molecule has 0 saturated heterocycles. The van der Waals surface area contributed by atoms with Crippen LogP contribution in [0.15, 0.2) is 0 Å². The van der Waals surface area contributed by atoms with Gasteiger partial charge in [-0.05, 0) is 0 Å². The monoisotopic (exact) mass is 185 g/mol. The number of carbonyl (C=O) groups excluding carboxylic acids is 2. The van der Waals surface area contributed by atoms with Gasteiger partial charge in [-0.25, -0.2) is 4.79 Å². The third-order valence-electron chi connectivity index (χ3n) is 0.664. The molecular formula is C4H8ClNO3S. The standard InChI is InChI=1S/C4H7NO3S.ClH/c5-3(1-9)4(7)8-2-6;/h2-3,9H,1,5H2;1H/t3-;/m0./s1. The zero-order valence-corrected chi connectivity index (χ0v) is 6.73. The maximum Gasteiger partial charge on any atom is 0.331 e. The Balaban J connectivity index is 0. The van der Waals surface area contributed by atoms with Crippen molar-refractivity contribution in [1.29, 1.82) is 0 Å². The molecule has 0 aromatic rings. The van der Waals surface area contributed by atoms with E-state index in [0.29, 0.717) is 0 Å². The second-order valence-corrected chi connectivity index (χ2v) is 1.69. The van der Waals surface area contributed by atoms with Crippen molar-refractivity contribution in [3.8, 4) is 0 Å². The van der Waals surface area contributed by atoms with E-state index in [1.54, 1.807) is 0 Å². The van der Waals surface area contributed by atoms with Gasteiger partial charge in [0.25, 0.3) is 0 Å². The molecule has 0 aliphatic rings. The number of ether oxygens (including phenoxy) is 1. The Hall–Kier alpha value is -0.260. The summed E-state index contributed by atoms with van der Waals surface area (Å²) in [6.45, 7) is 0.0473. The molecule has 0 aliphatic heterocycles. The highest BCUT2D eigenvalue weighted by Gasteiger charge is 2.11. The van der Waals surface area contributed by atoms with E-state index in [-0.39, 0.29) is 24.6 Å². The van der Waals surface area contributed by atoms with Crippen molar-refractivity contribution in [2.75, 3.05) is 5.75 Å². The first-order valence-electron chi connectivity index (χ1n) is 2.23. The molecule has 0 aliphatic carbocycles. The number of esters is 1. The van der Waals surface area contributed by atoms with Crippen LogP contribution in [0.1, 0.15) is 0 Å². The topological polar surface area (TPSA) is 69.4 Å². The minimum atomic E-state index is -0.807. The fraction of sp³-hybridized carbons (Fsp3) is 0.500. The lowest BCUT2D eigenvalue weighted by atomic mass is 10.4. The van der Waals surface area contributed by atoms with E-state index < -0.39 is 12.0 Å². The first-order chi connectivity index (χ1) is 4.22. The maximum atomic E-state index is 10.3. The zero-order valence-electron chi connectivity index (χ0n) is 5.02. The highest BCUT2D eigenvalue weighted by atomic mass is 35.5. The summed E-state index contributed by atoms with van der Waals surface area (Å²) in [5, 5.41) is 0. The van der Waals surface area contributed by atoms with Crippen molar-refractivity contribution < 1.29 is 14.3 Å². The van der Waals surface area contributed by atoms with Crippen molar-refractivity contribution in [3.05, 3.63) is 0 Å². The summed E-state index contributed by atoms with van der Waals surface area (Å²) < 4.78 is 3.90. The van der Waals surface area contributed by atoms with Crippen molar-refractivity contribution in [3.63, 3.8) is 0 Å². The first kappa shape index (κ1) is 12.4. The van der Waals surface area contributed by atoms with E-state index in [9.17, 15) is 9.59 Å². The van der Waals surface area contributed by atoms with Crippen LogP contribution < -0.4 is 5.73 Å². The van der Waals surface area contributed by atoms with Gasteiger partial charge in [-0.2, -0.15) is 12.6 Å². The van der Waals surface area contributed by atoms with Gasteiger partial charge in [0.2, 0.25) is 0 Å². The lowest BCUT2D eigenvalue weighted by Gasteiger charge is -2.01. The summed E-state index contributed by atoms with van der Waals surface area (Å²) in [6.07, 6.45) is 0. The summed E-state index contributed by atoms with van der Waals surface area (Å²) in [5.41, 5.74) is 5.09. The van der Waals surface area contributed by atoms with E-state index in [0.717, 1.165) is 0 Å². The van der Waals surface area contributed by atoms with Gasteiger partial charge in [0.05, 0.1) is 0 Å². The number of rotatable bonds is 3. The van der Waals surface area contributed by atoms with Crippen molar-refractivity contribution in [1.82, 2.24) is 0 Å². The molecular weight excluding hydrogens is 178 g/mol. The molecule has 0 rings (SSSR count). The molecule has 0 radical (unpaired) electrons. The third-order valence-corrected chi connectivity index (χ3v) is 1.06. The summed E-state index contributed by atoms with van der Waals surface area (Å²) in [6, 6.07) is -0.807. The minimum absolute atomic E-state index is 0. The van der Waals surface area contributed by atoms with Gasteiger partial charge in [0, 0.05) is 5.75 Å². The predicted molar refractivity (Wildman–Crippen MR) is 41.2 cm³/mol. The molecule has 6 heteroatoms. The Kier molecular flexibility index (Phi) is 8.51. The van der Waals surface area contributed by atoms with Gasteiger partial charge in [-0.1, -0.05) is 0 Å². The van der Waals surface area contributed by atoms with Crippen LogP contribution in [0.25, 0.3) is 0 Å². The second-order valence-electron chi connectivity index (χ2n) is 1.32. The van der Waals surface area contributed by atoms with Crippen LogP contribution in [0.4, 0.5) is 0 Å². The second kappa shape index (κ2) is 6.85. The average molecular weight is 186 g/mol. The van der Waals surface area contributed by atoms with Crippen molar-refractivity contribution >= 4 is 37.5 Å². The molecule has 0 amide bonds. The molecule has 0 aromatic heterocycles. The van der Waals surface area contributed by atoms with Crippen LogP contribution in [0.5, 0.6) is 0 Å². The Labute approximate surface area is 69.9 Å². The Bertz CT molecular complexity index is 121. The average Bonchev–Trinajstić information content (AvgIpc) is 1.87. The smallest absolute Gasteiger partial charge is 0.331 e.